The van der Waals surface area contributed by atoms with Crippen molar-refractivity contribution in [3.63, 3.8) is 0 Å². The van der Waals surface area contributed by atoms with Crippen LogP contribution in [0.4, 0.5) is 11.6 Å². The molecule has 0 saturated carbocycles. The lowest BCUT2D eigenvalue weighted by Gasteiger charge is -2.35. The van der Waals surface area contributed by atoms with Gasteiger partial charge in [-0.2, -0.15) is 0 Å². The Hall–Kier alpha value is -2.26. The Morgan fingerprint density at radius 3 is 2.95 bits per heavy atom. The van der Waals surface area contributed by atoms with Gasteiger partial charge >= 0.3 is 5.82 Å². The van der Waals surface area contributed by atoms with Gasteiger partial charge in [0.05, 0.1) is 5.60 Å². The predicted octanol–water partition coefficient (Wildman–Crippen LogP) is 1.24. The molecule has 9 heteroatoms. The van der Waals surface area contributed by atoms with E-state index in [1.807, 2.05) is 0 Å². The molecule has 0 atom stereocenters. The number of rotatable bonds is 5. The molecule has 1 saturated heterocycles. The molecule has 0 spiro atoms. The summed E-state index contributed by atoms with van der Waals surface area (Å²) in [6, 6.07) is 3.43. The summed E-state index contributed by atoms with van der Waals surface area (Å²) in [5.74, 6) is 0.377. The van der Waals surface area contributed by atoms with Gasteiger partial charge in [-0.05, 0) is 11.0 Å². The van der Waals surface area contributed by atoms with Gasteiger partial charge in [0.1, 0.15) is 6.20 Å². The lowest BCUT2D eigenvalue weighted by Crippen LogP contribution is -2.44. The molecule has 0 radical (unpaired) electrons. The summed E-state index contributed by atoms with van der Waals surface area (Å²) in [4.78, 5) is 14.4. The summed E-state index contributed by atoms with van der Waals surface area (Å²) in [5.41, 5.74) is 0.139. The molecule has 3 heterocycles. The van der Waals surface area contributed by atoms with E-state index >= 15 is 0 Å². The van der Waals surface area contributed by atoms with Crippen molar-refractivity contribution in [3.8, 4) is 0 Å². The molecule has 0 amide bonds. The summed E-state index contributed by atoms with van der Waals surface area (Å²) in [6.45, 7) is 1.89. The number of hydrogen-bond acceptors (Lipinski definition) is 7. The van der Waals surface area contributed by atoms with Crippen LogP contribution in [0.5, 0.6) is 0 Å². The third-order valence-electron chi connectivity index (χ3n) is 3.96. The SMILES string of the molecule is COC1(CNc2ccc3ncc([N+](=O)[O-])n3n2)CCOCC1. The smallest absolute Gasteiger partial charge is 0.368 e. The zero-order valence-corrected chi connectivity index (χ0v) is 12.2. The number of methoxy groups -OCH3 is 1. The van der Waals surface area contributed by atoms with Crippen molar-refractivity contribution in [2.24, 2.45) is 0 Å². The topological polar surface area (TPSA) is 104 Å². The molecule has 9 nitrogen and oxygen atoms in total. The fourth-order valence-corrected chi connectivity index (χ4v) is 2.53. The van der Waals surface area contributed by atoms with E-state index in [-0.39, 0.29) is 11.4 Å². The van der Waals surface area contributed by atoms with Crippen LogP contribution in [-0.2, 0) is 9.47 Å². The standard InChI is InChI=1S/C13H17N5O4/c1-21-13(4-6-22-7-5-13)9-15-10-2-3-11-14-8-12(18(19)20)17(11)16-10/h2-3,8H,4-7,9H2,1H3,(H,15,16). The largest absolute Gasteiger partial charge is 0.381 e. The molecule has 2 aromatic heterocycles. The second kappa shape index (κ2) is 5.85. The summed E-state index contributed by atoms with van der Waals surface area (Å²) in [5, 5.41) is 18.4. The number of anilines is 1. The second-order valence-corrected chi connectivity index (χ2v) is 5.22. The normalized spacial score (nSPS) is 17.5. The van der Waals surface area contributed by atoms with Crippen molar-refractivity contribution in [3.05, 3.63) is 28.4 Å². The zero-order chi connectivity index (χ0) is 15.6. The van der Waals surface area contributed by atoms with E-state index in [1.165, 1.54) is 10.7 Å². The van der Waals surface area contributed by atoms with Gasteiger partial charge in [0.15, 0.2) is 5.82 Å². The highest BCUT2D eigenvalue weighted by atomic mass is 16.6. The maximum absolute atomic E-state index is 10.9. The molecule has 1 fully saturated rings. The molecule has 1 N–H and O–H groups in total. The van der Waals surface area contributed by atoms with Crippen molar-refractivity contribution < 1.29 is 14.4 Å². The molecule has 2 aromatic rings. The van der Waals surface area contributed by atoms with Crippen LogP contribution in [0.2, 0.25) is 0 Å². The third kappa shape index (κ3) is 2.72. The van der Waals surface area contributed by atoms with E-state index in [9.17, 15) is 10.1 Å². The number of hydrogen-bond donors (Lipinski definition) is 1. The molecule has 118 valence electrons. The molecule has 1 aliphatic heterocycles. The Morgan fingerprint density at radius 1 is 1.50 bits per heavy atom. The molecule has 3 rings (SSSR count). The number of imidazole rings is 1. The van der Waals surface area contributed by atoms with Crippen molar-refractivity contribution in [2.45, 2.75) is 18.4 Å². The van der Waals surface area contributed by atoms with Gasteiger partial charge < -0.3 is 24.9 Å². The van der Waals surface area contributed by atoms with Crippen LogP contribution in [0.25, 0.3) is 5.65 Å². The highest BCUT2D eigenvalue weighted by Crippen LogP contribution is 2.25. The average molecular weight is 307 g/mol. The Bertz CT molecular complexity index is 680. The number of nitrogens with one attached hydrogen (secondary N) is 1. The maximum atomic E-state index is 10.9. The number of nitrogens with zero attached hydrogens (tertiary/aromatic N) is 4. The van der Waals surface area contributed by atoms with E-state index in [2.05, 4.69) is 15.4 Å². The van der Waals surface area contributed by atoms with Gasteiger partial charge in [0.2, 0.25) is 5.65 Å². The molecule has 0 bridgehead atoms. The number of ether oxygens (including phenoxy) is 2. The van der Waals surface area contributed by atoms with Crippen molar-refractivity contribution in [2.75, 3.05) is 32.2 Å². The molecular formula is C13H17N5O4. The quantitative estimate of drug-likeness (QED) is 0.654. The molecule has 0 aliphatic carbocycles. The highest BCUT2D eigenvalue weighted by Gasteiger charge is 2.32. The van der Waals surface area contributed by atoms with Crippen LogP contribution in [0.3, 0.4) is 0 Å². The van der Waals surface area contributed by atoms with E-state index in [0.717, 1.165) is 12.8 Å². The van der Waals surface area contributed by atoms with Gasteiger partial charge in [0, 0.05) is 45.8 Å². The first-order valence-corrected chi connectivity index (χ1v) is 6.99. The Labute approximate surface area is 126 Å². The van der Waals surface area contributed by atoms with Gasteiger partial charge in [-0.15, -0.1) is 0 Å². The first-order valence-electron chi connectivity index (χ1n) is 6.99. The lowest BCUT2D eigenvalue weighted by atomic mass is 9.94. The van der Waals surface area contributed by atoms with Gasteiger partial charge in [0.25, 0.3) is 0 Å². The van der Waals surface area contributed by atoms with E-state index in [4.69, 9.17) is 9.47 Å². The predicted molar refractivity (Wildman–Crippen MR) is 77.9 cm³/mol. The minimum Gasteiger partial charge on any atom is -0.381 e. The van der Waals surface area contributed by atoms with Crippen LogP contribution in [0.1, 0.15) is 12.8 Å². The Morgan fingerprint density at radius 2 is 2.27 bits per heavy atom. The summed E-state index contributed by atoms with van der Waals surface area (Å²) in [7, 11) is 1.68. The van der Waals surface area contributed by atoms with Crippen LogP contribution in [0, 0.1) is 10.1 Å². The van der Waals surface area contributed by atoms with E-state index < -0.39 is 4.92 Å². The van der Waals surface area contributed by atoms with E-state index in [0.29, 0.717) is 31.2 Å². The third-order valence-corrected chi connectivity index (χ3v) is 3.96. The Balaban J connectivity index is 1.78. The molecular weight excluding hydrogens is 290 g/mol. The van der Waals surface area contributed by atoms with Crippen molar-refractivity contribution >= 4 is 17.3 Å². The molecule has 1 aliphatic rings. The monoisotopic (exact) mass is 307 g/mol. The minimum absolute atomic E-state index is 0.161. The molecule has 0 unspecified atom stereocenters. The van der Waals surface area contributed by atoms with Crippen LogP contribution < -0.4 is 5.32 Å². The fraction of sp³-hybridized carbons (Fsp3) is 0.538. The number of nitro groups is 1. The van der Waals surface area contributed by atoms with Gasteiger partial charge in [-0.1, -0.05) is 9.61 Å². The minimum atomic E-state index is -0.508. The lowest BCUT2D eigenvalue weighted by molar-refractivity contribution is -0.391. The first-order chi connectivity index (χ1) is 10.6. The number of aromatic nitrogens is 3. The summed E-state index contributed by atoms with van der Waals surface area (Å²) in [6.07, 6.45) is 2.79. The number of fused-ring (bicyclic) bond motifs is 1. The highest BCUT2D eigenvalue weighted by molar-refractivity contribution is 5.48. The maximum Gasteiger partial charge on any atom is 0.368 e. The van der Waals surface area contributed by atoms with Crippen LogP contribution >= 0.6 is 0 Å². The summed E-state index contributed by atoms with van der Waals surface area (Å²) >= 11 is 0. The zero-order valence-electron chi connectivity index (χ0n) is 12.2. The van der Waals surface area contributed by atoms with Crippen molar-refractivity contribution in [1.29, 1.82) is 0 Å². The van der Waals surface area contributed by atoms with Gasteiger partial charge in [-0.3, -0.25) is 0 Å². The summed E-state index contributed by atoms with van der Waals surface area (Å²) < 4.78 is 12.2. The van der Waals surface area contributed by atoms with E-state index in [1.54, 1.807) is 19.2 Å². The molecule has 0 aromatic carbocycles. The van der Waals surface area contributed by atoms with Crippen LogP contribution in [0.15, 0.2) is 18.3 Å². The fourth-order valence-electron chi connectivity index (χ4n) is 2.53. The van der Waals surface area contributed by atoms with Crippen molar-refractivity contribution in [1.82, 2.24) is 14.6 Å². The molecule has 22 heavy (non-hydrogen) atoms. The average Bonchev–Trinajstić information content (AvgIpc) is 2.97. The van der Waals surface area contributed by atoms with Crippen LogP contribution in [-0.4, -0.2) is 52.0 Å². The Kier molecular flexibility index (Phi) is 3.90. The van der Waals surface area contributed by atoms with Gasteiger partial charge in [-0.25, -0.2) is 4.98 Å². The second-order valence-electron chi connectivity index (χ2n) is 5.22. The first kappa shape index (κ1) is 14.7.